The molecule has 0 aliphatic carbocycles. The van der Waals surface area contributed by atoms with Crippen LogP contribution in [0.15, 0.2) is 29.2 Å². The minimum absolute atomic E-state index is 0.0291. The van der Waals surface area contributed by atoms with Crippen molar-refractivity contribution < 1.29 is 31.1 Å². The van der Waals surface area contributed by atoms with Crippen LogP contribution in [-0.4, -0.2) is 26.7 Å². The Bertz CT molecular complexity index is 546. The topological polar surface area (TPSA) is 60.4 Å². The molecule has 4 nitrogen and oxygen atoms in total. The molecule has 0 N–H and O–H groups in total. The van der Waals surface area contributed by atoms with Crippen molar-refractivity contribution in [3.05, 3.63) is 29.8 Å². The number of carbonyl (C=O) groups is 1. The van der Waals surface area contributed by atoms with E-state index in [9.17, 15) is 26.4 Å². The lowest BCUT2D eigenvalue weighted by atomic mass is 10.2. The molecule has 0 atom stereocenters. The highest BCUT2D eigenvalue weighted by Gasteiger charge is 2.31. The molecule has 0 heterocycles. The lowest BCUT2D eigenvalue weighted by Gasteiger charge is -2.08. The van der Waals surface area contributed by atoms with Crippen LogP contribution < -0.4 is 0 Å². The number of ether oxygens (including phenoxy) is 1. The molecule has 0 fully saturated rings. The summed E-state index contributed by atoms with van der Waals surface area (Å²) in [7, 11) is -3.99. The Balaban J connectivity index is 2.94. The fourth-order valence-electron chi connectivity index (χ4n) is 1.29. The first kappa shape index (κ1) is 15.5. The Hall–Kier alpha value is -1.57. The molecule has 106 valence electrons. The molecule has 1 rings (SSSR count). The third-order valence-electron chi connectivity index (χ3n) is 2.15. The maximum atomic E-state index is 12.3. The van der Waals surface area contributed by atoms with Gasteiger partial charge in [0.05, 0.1) is 17.1 Å². The summed E-state index contributed by atoms with van der Waals surface area (Å²) in [6, 6.07) is 2.94. The van der Waals surface area contributed by atoms with Gasteiger partial charge in [-0.15, -0.1) is 0 Å². The van der Waals surface area contributed by atoms with Gasteiger partial charge in [-0.2, -0.15) is 13.2 Å². The monoisotopic (exact) mass is 296 g/mol. The summed E-state index contributed by atoms with van der Waals surface area (Å²) in [6.07, 6.45) is -4.54. The molecule has 0 aliphatic rings. The highest BCUT2D eigenvalue weighted by Crippen LogP contribution is 2.29. The van der Waals surface area contributed by atoms with Crippen LogP contribution in [0.4, 0.5) is 13.2 Å². The predicted octanol–water partition coefficient (Wildman–Crippen LogP) is 2.04. The summed E-state index contributed by atoms with van der Waals surface area (Å²) in [5.41, 5.74) is -0.956. The maximum absolute atomic E-state index is 12.3. The van der Waals surface area contributed by atoms with E-state index in [2.05, 4.69) is 4.74 Å². The SMILES string of the molecule is CCOC(=O)CS(=O)(=O)c1ccc(C(F)(F)F)cc1. The van der Waals surface area contributed by atoms with Crippen molar-refractivity contribution in [1.29, 1.82) is 0 Å². The summed E-state index contributed by atoms with van der Waals surface area (Å²) in [4.78, 5) is 10.7. The van der Waals surface area contributed by atoms with Gasteiger partial charge in [-0.25, -0.2) is 8.42 Å². The molecule has 0 spiro atoms. The van der Waals surface area contributed by atoms with Crippen molar-refractivity contribution in [2.75, 3.05) is 12.4 Å². The van der Waals surface area contributed by atoms with Crippen molar-refractivity contribution in [1.82, 2.24) is 0 Å². The van der Waals surface area contributed by atoms with Crippen LogP contribution in [0.3, 0.4) is 0 Å². The fraction of sp³-hybridized carbons (Fsp3) is 0.364. The van der Waals surface area contributed by atoms with Gasteiger partial charge in [0.1, 0.15) is 0 Å². The van der Waals surface area contributed by atoms with E-state index in [1.54, 1.807) is 0 Å². The molecular formula is C11H11F3O4S. The molecule has 1 aromatic carbocycles. The van der Waals surface area contributed by atoms with Crippen LogP contribution in [0.25, 0.3) is 0 Å². The molecule has 8 heteroatoms. The van der Waals surface area contributed by atoms with E-state index in [4.69, 9.17) is 0 Å². The van der Waals surface area contributed by atoms with Crippen LogP contribution >= 0.6 is 0 Å². The van der Waals surface area contributed by atoms with Gasteiger partial charge >= 0.3 is 12.1 Å². The van der Waals surface area contributed by atoms with Gasteiger partial charge in [0.15, 0.2) is 15.6 Å². The second-order valence-corrected chi connectivity index (χ2v) is 5.58. The van der Waals surface area contributed by atoms with Gasteiger partial charge in [0, 0.05) is 0 Å². The molecule has 0 aliphatic heterocycles. The van der Waals surface area contributed by atoms with Crippen molar-refractivity contribution in [3.63, 3.8) is 0 Å². The Kier molecular flexibility index (Phi) is 4.56. The zero-order valence-corrected chi connectivity index (χ0v) is 10.7. The smallest absolute Gasteiger partial charge is 0.416 e. The van der Waals surface area contributed by atoms with E-state index in [1.807, 2.05) is 0 Å². The van der Waals surface area contributed by atoms with Crippen molar-refractivity contribution in [2.45, 2.75) is 18.0 Å². The minimum Gasteiger partial charge on any atom is -0.465 e. The zero-order valence-electron chi connectivity index (χ0n) is 9.90. The Morgan fingerprint density at radius 2 is 1.74 bits per heavy atom. The molecule has 0 aromatic heterocycles. The zero-order chi connectivity index (χ0) is 14.7. The molecule has 0 unspecified atom stereocenters. The van der Waals surface area contributed by atoms with E-state index >= 15 is 0 Å². The quantitative estimate of drug-likeness (QED) is 0.798. The second kappa shape index (κ2) is 5.60. The largest absolute Gasteiger partial charge is 0.465 e. The highest BCUT2D eigenvalue weighted by molar-refractivity contribution is 7.92. The first-order valence-corrected chi connectivity index (χ1v) is 6.87. The van der Waals surface area contributed by atoms with Gasteiger partial charge in [-0.1, -0.05) is 0 Å². The third kappa shape index (κ3) is 4.23. The molecule has 1 aromatic rings. The predicted molar refractivity (Wildman–Crippen MR) is 60.1 cm³/mol. The number of esters is 1. The average Bonchev–Trinajstić information content (AvgIpc) is 2.27. The minimum atomic E-state index is -4.54. The van der Waals surface area contributed by atoms with Gasteiger partial charge in [-0.05, 0) is 31.2 Å². The summed E-state index contributed by atoms with van der Waals surface area (Å²) in [5.74, 6) is -1.84. The van der Waals surface area contributed by atoms with Gasteiger partial charge < -0.3 is 4.74 Å². The first-order chi connectivity index (χ1) is 8.66. The molecule has 0 saturated carbocycles. The molecule has 0 saturated heterocycles. The molecule has 0 bridgehead atoms. The van der Waals surface area contributed by atoms with Crippen LogP contribution in [0.5, 0.6) is 0 Å². The normalized spacial score (nSPS) is 12.2. The Morgan fingerprint density at radius 3 is 2.16 bits per heavy atom. The van der Waals surface area contributed by atoms with Crippen LogP contribution in [0.2, 0.25) is 0 Å². The molecular weight excluding hydrogens is 285 g/mol. The number of carbonyl (C=O) groups excluding carboxylic acids is 1. The number of sulfone groups is 1. The molecule has 0 radical (unpaired) electrons. The number of benzene rings is 1. The summed E-state index contributed by atoms with van der Waals surface area (Å²) in [6.45, 7) is 1.55. The number of halogens is 3. The average molecular weight is 296 g/mol. The van der Waals surface area contributed by atoms with Crippen molar-refractivity contribution in [2.24, 2.45) is 0 Å². The van der Waals surface area contributed by atoms with E-state index in [0.29, 0.717) is 12.1 Å². The Morgan fingerprint density at radius 1 is 1.21 bits per heavy atom. The number of alkyl halides is 3. The Labute approximate surface area is 108 Å². The lowest BCUT2D eigenvalue weighted by molar-refractivity contribution is -0.140. The van der Waals surface area contributed by atoms with Crippen molar-refractivity contribution in [3.8, 4) is 0 Å². The van der Waals surface area contributed by atoms with E-state index in [-0.39, 0.29) is 11.5 Å². The standard InChI is InChI=1S/C11H11F3O4S/c1-2-18-10(15)7-19(16,17)9-5-3-8(4-6-9)11(12,13)14/h3-6H,2,7H2,1H3. The third-order valence-corrected chi connectivity index (χ3v) is 3.76. The number of rotatable bonds is 4. The van der Waals surface area contributed by atoms with Crippen molar-refractivity contribution >= 4 is 15.8 Å². The van der Waals surface area contributed by atoms with Crippen LogP contribution in [-0.2, 0) is 25.5 Å². The van der Waals surface area contributed by atoms with Crippen LogP contribution in [0, 0.1) is 0 Å². The summed E-state index contributed by atoms with van der Waals surface area (Å²) < 4.78 is 64.8. The van der Waals surface area contributed by atoms with Gasteiger partial charge in [-0.3, -0.25) is 4.79 Å². The highest BCUT2D eigenvalue weighted by atomic mass is 32.2. The number of hydrogen-bond donors (Lipinski definition) is 0. The van der Waals surface area contributed by atoms with E-state index in [1.165, 1.54) is 6.92 Å². The summed E-state index contributed by atoms with van der Waals surface area (Å²) in [5, 5.41) is 0. The summed E-state index contributed by atoms with van der Waals surface area (Å²) >= 11 is 0. The fourth-order valence-corrected chi connectivity index (χ4v) is 2.40. The first-order valence-electron chi connectivity index (χ1n) is 5.22. The maximum Gasteiger partial charge on any atom is 0.416 e. The second-order valence-electron chi connectivity index (χ2n) is 3.59. The number of hydrogen-bond acceptors (Lipinski definition) is 4. The van der Waals surface area contributed by atoms with Gasteiger partial charge in [0.25, 0.3) is 0 Å². The molecule has 0 amide bonds. The van der Waals surface area contributed by atoms with Crippen LogP contribution in [0.1, 0.15) is 12.5 Å². The van der Waals surface area contributed by atoms with E-state index in [0.717, 1.165) is 12.1 Å². The van der Waals surface area contributed by atoms with Gasteiger partial charge in [0.2, 0.25) is 0 Å². The lowest BCUT2D eigenvalue weighted by Crippen LogP contribution is -2.18. The molecule has 19 heavy (non-hydrogen) atoms. The van der Waals surface area contributed by atoms with E-state index < -0.39 is 33.3 Å².